The van der Waals surface area contributed by atoms with Crippen molar-refractivity contribution >= 4 is 17.1 Å². The zero-order chi connectivity index (χ0) is 15.9. The van der Waals surface area contributed by atoms with Gasteiger partial charge < -0.3 is 9.30 Å². The first-order chi connectivity index (χ1) is 9.81. The van der Waals surface area contributed by atoms with E-state index in [1.165, 1.54) is 23.2 Å². The van der Waals surface area contributed by atoms with E-state index < -0.39 is 23.3 Å². The van der Waals surface area contributed by atoms with Crippen LogP contribution in [0.25, 0.3) is 11.2 Å². The largest absolute Gasteiger partial charge is 0.464 e. The lowest BCUT2D eigenvalue weighted by molar-refractivity contribution is -0.146. The molecule has 8 heteroatoms. The number of nitrogens with zero attached hydrogens (tertiary/aromatic N) is 4. The van der Waals surface area contributed by atoms with Gasteiger partial charge in [-0.3, -0.25) is 13.9 Å². The lowest BCUT2D eigenvalue weighted by Gasteiger charge is -2.14. The molecule has 2 aromatic rings. The first-order valence-corrected chi connectivity index (χ1v) is 6.62. The van der Waals surface area contributed by atoms with Gasteiger partial charge in [0.1, 0.15) is 11.9 Å². The molecule has 0 amide bonds. The Morgan fingerprint density at radius 2 is 1.90 bits per heavy atom. The smallest absolute Gasteiger partial charge is 0.332 e. The summed E-state index contributed by atoms with van der Waals surface area (Å²) < 4.78 is 8.79. The van der Waals surface area contributed by atoms with Crippen LogP contribution in [0.1, 0.15) is 25.7 Å². The van der Waals surface area contributed by atoms with Gasteiger partial charge in [-0.2, -0.15) is 0 Å². The molecule has 0 bridgehead atoms. The van der Waals surface area contributed by atoms with Gasteiger partial charge in [0.25, 0.3) is 5.56 Å². The Balaban J connectivity index is 2.83. The van der Waals surface area contributed by atoms with E-state index in [2.05, 4.69) is 4.98 Å². The summed E-state index contributed by atoms with van der Waals surface area (Å²) in [5.41, 5.74) is -0.458. The Morgan fingerprint density at radius 3 is 2.48 bits per heavy atom. The fourth-order valence-electron chi connectivity index (χ4n) is 2.37. The zero-order valence-electron chi connectivity index (χ0n) is 12.7. The molecule has 0 radical (unpaired) electrons. The van der Waals surface area contributed by atoms with Crippen LogP contribution >= 0.6 is 0 Å². The topological polar surface area (TPSA) is 88.1 Å². The molecule has 0 aliphatic rings. The summed E-state index contributed by atoms with van der Waals surface area (Å²) in [4.78, 5) is 40.5. The van der Waals surface area contributed by atoms with Crippen LogP contribution in [-0.4, -0.2) is 31.3 Å². The van der Waals surface area contributed by atoms with Gasteiger partial charge in [-0.25, -0.2) is 14.6 Å². The standard InChI is InChI=1S/C13H18N4O4/c1-6-21-12(19)7(2)17-8(3)14-10-9(17)11(18)16(5)13(20)15(10)4/h7H,6H2,1-5H3/t7-/m0/s1. The van der Waals surface area contributed by atoms with Crippen LogP contribution in [0.3, 0.4) is 0 Å². The summed E-state index contributed by atoms with van der Waals surface area (Å²) in [7, 11) is 2.93. The van der Waals surface area contributed by atoms with Gasteiger partial charge in [0.2, 0.25) is 0 Å². The molecule has 114 valence electrons. The van der Waals surface area contributed by atoms with E-state index in [1.54, 1.807) is 20.8 Å². The van der Waals surface area contributed by atoms with Crippen molar-refractivity contribution in [1.29, 1.82) is 0 Å². The number of imidazole rings is 1. The molecule has 0 spiro atoms. The Morgan fingerprint density at radius 1 is 1.29 bits per heavy atom. The van der Waals surface area contributed by atoms with Gasteiger partial charge in [0.05, 0.1) is 6.61 Å². The van der Waals surface area contributed by atoms with Crippen LogP contribution in [-0.2, 0) is 23.6 Å². The van der Waals surface area contributed by atoms with E-state index in [0.29, 0.717) is 5.82 Å². The van der Waals surface area contributed by atoms with Crippen molar-refractivity contribution in [2.75, 3.05) is 6.61 Å². The Bertz CT molecular complexity index is 827. The third kappa shape index (κ3) is 2.16. The van der Waals surface area contributed by atoms with Crippen LogP contribution in [0.5, 0.6) is 0 Å². The fourth-order valence-corrected chi connectivity index (χ4v) is 2.37. The second kappa shape index (κ2) is 5.19. The highest BCUT2D eigenvalue weighted by Crippen LogP contribution is 2.18. The molecule has 0 aliphatic carbocycles. The highest BCUT2D eigenvalue weighted by Gasteiger charge is 2.24. The molecule has 0 fully saturated rings. The minimum Gasteiger partial charge on any atom is -0.464 e. The van der Waals surface area contributed by atoms with Crippen molar-refractivity contribution in [2.45, 2.75) is 26.8 Å². The summed E-state index contributed by atoms with van der Waals surface area (Å²) in [6.45, 7) is 5.29. The molecule has 0 saturated heterocycles. The van der Waals surface area contributed by atoms with Crippen LogP contribution in [0, 0.1) is 6.92 Å². The maximum absolute atomic E-state index is 12.4. The minimum atomic E-state index is -0.694. The number of aryl methyl sites for hydroxylation is 2. The summed E-state index contributed by atoms with van der Waals surface area (Å²) in [5.74, 6) is 0.0275. The maximum Gasteiger partial charge on any atom is 0.332 e. The quantitative estimate of drug-likeness (QED) is 0.736. The van der Waals surface area contributed by atoms with E-state index >= 15 is 0 Å². The van der Waals surface area contributed by atoms with Crippen molar-refractivity contribution in [1.82, 2.24) is 18.7 Å². The van der Waals surface area contributed by atoms with Gasteiger partial charge in [0.15, 0.2) is 11.2 Å². The molecule has 0 aromatic carbocycles. The van der Waals surface area contributed by atoms with Gasteiger partial charge >= 0.3 is 11.7 Å². The Labute approximate surface area is 120 Å². The molecule has 2 aromatic heterocycles. The van der Waals surface area contributed by atoms with E-state index in [-0.39, 0.29) is 17.8 Å². The molecular weight excluding hydrogens is 276 g/mol. The second-order valence-electron chi connectivity index (χ2n) is 4.84. The third-order valence-electron chi connectivity index (χ3n) is 3.48. The molecule has 2 heterocycles. The first kappa shape index (κ1) is 15.0. The SMILES string of the molecule is CCOC(=O)[C@H](C)n1c(C)nc2c1c(=O)n(C)c(=O)n2C. The number of rotatable bonds is 3. The fraction of sp³-hybridized carbons (Fsp3) is 0.538. The van der Waals surface area contributed by atoms with Crippen LogP contribution in [0.2, 0.25) is 0 Å². The third-order valence-corrected chi connectivity index (χ3v) is 3.48. The van der Waals surface area contributed by atoms with Crippen molar-refractivity contribution in [3.8, 4) is 0 Å². The molecule has 2 rings (SSSR count). The van der Waals surface area contributed by atoms with Crippen molar-refractivity contribution in [2.24, 2.45) is 14.1 Å². The molecule has 21 heavy (non-hydrogen) atoms. The first-order valence-electron chi connectivity index (χ1n) is 6.62. The van der Waals surface area contributed by atoms with Crippen LogP contribution < -0.4 is 11.2 Å². The predicted molar refractivity (Wildman–Crippen MR) is 76.3 cm³/mol. The molecule has 0 aliphatic heterocycles. The van der Waals surface area contributed by atoms with Gasteiger partial charge in [-0.15, -0.1) is 0 Å². The van der Waals surface area contributed by atoms with Gasteiger partial charge in [-0.1, -0.05) is 0 Å². The van der Waals surface area contributed by atoms with E-state index in [1.807, 2.05) is 0 Å². The highest BCUT2D eigenvalue weighted by atomic mass is 16.5. The molecule has 0 unspecified atom stereocenters. The predicted octanol–water partition coefficient (Wildman–Crippen LogP) is -0.134. The number of hydrogen-bond donors (Lipinski definition) is 0. The summed E-state index contributed by atoms with van der Waals surface area (Å²) in [6, 6.07) is -0.694. The highest BCUT2D eigenvalue weighted by molar-refractivity contribution is 5.78. The van der Waals surface area contributed by atoms with Gasteiger partial charge in [0, 0.05) is 14.1 Å². The summed E-state index contributed by atoms with van der Waals surface area (Å²) in [5, 5.41) is 0. The summed E-state index contributed by atoms with van der Waals surface area (Å²) in [6.07, 6.45) is 0. The lowest BCUT2D eigenvalue weighted by atomic mass is 10.3. The number of hydrogen-bond acceptors (Lipinski definition) is 5. The second-order valence-corrected chi connectivity index (χ2v) is 4.84. The van der Waals surface area contributed by atoms with Crippen molar-refractivity contribution < 1.29 is 9.53 Å². The molecule has 8 nitrogen and oxygen atoms in total. The lowest BCUT2D eigenvalue weighted by Crippen LogP contribution is -2.38. The Hall–Kier alpha value is -2.38. The average molecular weight is 294 g/mol. The number of carbonyl (C=O) groups is 1. The molecule has 1 atom stereocenters. The zero-order valence-corrected chi connectivity index (χ0v) is 12.7. The van der Waals surface area contributed by atoms with Crippen LogP contribution in [0.4, 0.5) is 0 Å². The number of fused-ring (bicyclic) bond motifs is 1. The van der Waals surface area contributed by atoms with Crippen molar-refractivity contribution in [3.05, 3.63) is 26.7 Å². The summed E-state index contributed by atoms with van der Waals surface area (Å²) >= 11 is 0. The van der Waals surface area contributed by atoms with E-state index in [4.69, 9.17) is 4.74 Å². The molecule has 0 N–H and O–H groups in total. The monoisotopic (exact) mass is 294 g/mol. The average Bonchev–Trinajstić information content (AvgIpc) is 2.79. The number of aromatic nitrogens is 4. The van der Waals surface area contributed by atoms with Crippen LogP contribution in [0.15, 0.2) is 9.59 Å². The minimum absolute atomic E-state index is 0.220. The van der Waals surface area contributed by atoms with E-state index in [9.17, 15) is 14.4 Å². The van der Waals surface area contributed by atoms with Crippen molar-refractivity contribution in [3.63, 3.8) is 0 Å². The Kier molecular flexibility index (Phi) is 3.71. The molecular formula is C13H18N4O4. The number of carbonyl (C=O) groups excluding carboxylic acids is 1. The number of ether oxygens (including phenoxy) is 1. The molecule has 0 saturated carbocycles. The van der Waals surface area contributed by atoms with Gasteiger partial charge in [-0.05, 0) is 20.8 Å². The number of esters is 1. The normalized spacial score (nSPS) is 12.6. The maximum atomic E-state index is 12.4. The van der Waals surface area contributed by atoms with E-state index in [0.717, 1.165) is 4.57 Å².